The number of hydrogen-bond acceptors (Lipinski definition) is 2. The Bertz CT molecular complexity index is 554. The zero-order valence-electron chi connectivity index (χ0n) is 12.1. The lowest BCUT2D eigenvalue weighted by atomic mass is 10.1. The molecule has 112 valence electrons. The number of hydrogen-bond donors (Lipinski definition) is 2. The molecule has 0 aliphatic carbocycles. The topological polar surface area (TPSA) is 33.5 Å². The lowest BCUT2D eigenvalue weighted by Crippen LogP contribution is -3.08. The Hall–Kier alpha value is -1.72. The van der Waals surface area contributed by atoms with Crippen LogP contribution in [0.5, 0.6) is 0 Å². The minimum atomic E-state index is -0.235. The van der Waals surface area contributed by atoms with Gasteiger partial charge in [0, 0.05) is 6.54 Å². The second-order valence-corrected chi connectivity index (χ2v) is 6.15. The predicted octanol–water partition coefficient (Wildman–Crippen LogP) is 1.26. The largest absolute Gasteiger partial charge is 0.351 e. The molecule has 3 nitrogen and oxygen atoms in total. The monoisotopic (exact) mass is 307 g/mol. The van der Waals surface area contributed by atoms with Gasteiger partial charge in [0.2, 0.25) is 0 Å². The molecule has 2 N–H and O–H groups in total. The van der Waals surface area contributed by atoms with Crippen LogP contribution in [0.25, 0.3) is 0 Å². The molecule has 0 saturated carbocycles. The maximum absolute atomic E-state index is 12.8. The molecule has 1 atom stereocenters. The summed E-state index contributed by atoms with van der Waals surface area (Å²) in [7, 11) is 2.01. The zero-order chi connectivity index (χ0) is 15.1. The Morgan fingerprint density at radius 3 is 2.71 bits per heavy atom. The smallest absolute Gasteiger partial charge is 0.275 e. The standard InChI is InChI=1S/C16H19FN2OS/c1-19(11-15-3-2-10-21-15)12-16(20)18-9-8-13-4-6-14(17)7-5-13/h2-7,10H,8-9,11-12H2,1H3,(H,18,20)/p+1. The predicted molar refractivity (Wildman–Crippen MR) is 82.9 cm³/mol. The third kappa shape index (κ3) is 5.65. The van der Waals surface area contributed by atoms with Gasteiger partial charge in [0.05, 0.1) is 11.9 Å². The van der Waals surface area contributed by atoms with Crippen LogP contribution in [0.3, 0.4) is 0 Å². The fraction of sp³-hybridized carbons (Fsp3) is 0.312. The highest BCUT2D eigenvalue weighted by molar-refractivity contribution is 7.09. The Kier molecular flexibility index (Phi) is 5.90. The van der Waals surface area contributed by atoms with Crippen molar-refractivity contribution < 1.29 is 14.1 Å². The lowest BCUT2D eigenvalue weighted by Gasteiger charge is -2.12. The summed E-state index contributed by atoms with van der Waals surface area (Å²) in [5.41, 5.74) is 1.02. The number of quaternary nitrogens is 1. The summed E-state index contributed by atoms with van der Waals surface area (Å²) in [5.74, 6) is -0.187. The number of amides is 1. The molecule has 0 saturated heterocycles. The number of rotatable bonds is 7. The van der Waals surface area contributed by atoms with E-state index in [1.165, 1.54) is 17.0 Å². The fourth-order valence-corrected chi connectivity index (χ4v) is 2.93. The summed E-state index contributed by atoms with van der Waals surface area (Å²) in [6.07, 6.45) is 0.718. The molecule has 1 aromatic heterocycles. The first kappa shape index (κ1) is 15.7. The first-order valence-corrected chi connectivity index (χ1v) is 7.86. The molecule has 0 spiro atoms. The molecule has 1 aromatic carbocycles. The second kappa shape index (κ2) is 7.90. The molecule has 21 heavy (non-hydrogen) atoms. The fourth-order valence-electron chi connectivity index (χ4n) is 2.11. The van der Waals surface area contributed by atoms with Gasteiger partial charge in [0.1, 0.15) is 12.4 Å². The van der Waals surface area contributed by atoms with Crippen LogP contribution >= 0.6 is 11.3 Å². The van der Waals surface area contributed by atoms with Gasteiger partial charge in [-0.3, -0.25) is 4.79 Å². The van der Waals surface area contributed by atoms with Gasteiger partial charge in [-0.1, -0.05) is 18.2 Å². The van der Waals surface area contributed by atoms with Crippen LogP contribution in [-0.2, 0) is 17.8 Å². The molecular formula is C16H20FN2OS+. The van der Waals surface area contributed by atoms with Gasteiger partial charge in [0.15, 0.2) is 6.54 Å². The summed E-state index contributed by atoms with van der Waals surface area (Å²) in [6.45, 7) is 1.90. The summed E-state index contributed by atoms with van der Waals surface area (Å²) in [4.78, 5) is 14.3. The highest BCUT2D eigenvalue weighted by atomic mass is 32.1. The lowest BCUT2D eigenvalue weighted by molar-refractivity contribution is -0.885. The van der Waals surface area contributed by atoms with Crippen LogP contribution in [0, 0.1) is 5.82 Å². The number of thiophene rings is 1. The van der Waals surface area contributed by atoms with Crippen LogP contribution < -0.4 is 10.2 Å². The third-order valence-corrected chi connectivity index (χ3v) is 4.04. The van der Waals surface area contributed by atoms with Crippen molar-refractivity contribution in [3.8, 4) is 0 Å². The van der Waals surface area contributed by atoms with E-state index >= 15 is 0 Å². The number of likely N-dealkylation sites (N-methyl/N-ethyl adjacent to an activating group) is 1. The molecule has 1 amide bonds. The van der Waals surface area contributed by atoms with Gasteiger partial charge in [-0.2, -0.15) is 0 Å². The average Bonchev–Trinajstić information content (AvgIpc) is 2.93. The summed E-state index contributed by atoms with van der Waals surface area (Å²) >= 11 is 1.71. The van der Waals surface area contributed by atoms with Gasteiger partial charge in [-0.15, -0.1) is 11.3 Å². The van der Waals surface area contributed by atoms with E-state index in [9.17, 15) is 9.18 Å². The van der Waals surface area contributed by atoms with Gasteiger partial charge in [0.25, 0.3) is 5.91 Å². The summed E-state index contributed by atoms with van der Waals surface area (Å²) in [5, 5.41) is 4.95. The maximum Gasteiger partial charge on any atom is 0.275 e. The van der Waals surface area contributed by atoms with E-state index in [0.717, 1.165) is 23.4 Å². The number of carbonyl (C=O) groups is 1. The van der Waals surface area contributed by atoms with Crippen molar-refractivity contribution in [3.63, 3.8) is 0 Å². The van der Waals surface area contributed by atoms with E-state index in [0.29, 0.717) is 13.1 Å². The Balaban J connectivity index is 1.66. The molecule has 0 fully saturated rings. The molecule has 5 heteroatoms. The number of nitrogens with one attached hydrogen (secondary N) is 2. The zero-order valence-corrected chi connectivity index (χ0v) is 12.9. The molecule has 1 heterocycles. The second-order valence-electron chi connectivity index (χ2n) is 5.12. The SMILES string of the molecule is C[NH+](CC(=O)NCCc1ccc(F)cc1)Cc1cccs1. The van der Waals surface area contributed by atoms with Gasteiger partial charge in [-0.25, -0.2) is 4.39 Å². The molecule has 2 rings (SSSR count). The van der Waals surface area contributed by atoms with Crippen LogP contribution in [0.4, 0.5) is 4.39 Å². The van der Waals surface area contributed by atoms with Gasteiger partial charge in [-0.05, 0) is 35.6 Å². The number of benzene rings is 1. The molecule has 0 bridgehead atoms. The Labute approximate surface area is 128 Å². The highest BCUT2D eigenvalue weighted by Gasteiger charge is 2.10. The van der Waals surface area contributed by atoms with Crippen LogP contribution in [0.15, 0.2) is 41.8 Å². The highest BCUT2D eigenvalue weighted by Crippen LogP contribution is 2.05. The minimum absolute atomic E-state index is 0.0474. The van der Waals surface area contributed by atoms with Crippen LogP contribution in [-0.4, -0.2) is 26.0 Å². The normalized spacial score (nSPS) is 12.1. The van der Waals surface area contributed by atoms with Crippen molar-refractivity contribution in [2.45, 2.75) is 13.0 Å². The van der Waals surface area contributed by atoms with Crippen molar-refractivity contribution in [2.75, 3.05) is 20.1 Å². The maximum atomic E-state index is 12.8. The van der Waals surface area contributed by atoms with Crippen molar-refractivity contribution in [2.24, 2.45) is 0 Å². The van der Waals surface area contributed by atoms with Crippen molar-refractivity contribution in [3.05, 3.63) is 58.0 Å². The average molecular weight is 307 g/mol. The first-order valence-electron chi connectivity index (χ1n) is 6.98. The summed E-state index contributed by atoms with van der Waals surface area (Å²) < 4.78 is 12.8. The molecule has 0 aliphatic rings. The van der Waals surface area contributed by atoms with Crippen molar-refractivity contribution in [1.82, 2.24) is 5.32 Å². The van der Waals surface area contributed by atoms with E-state index in [1.54, 1.807) is 23.5 Å². The third-order valence-electron chi connectivity index (χ3n) is 3.17. The van der Waals surface area contributed by atoms with E-state index in [4.69, 9.17) is 0 Å². The van der Waals surface area contributed by atoms with E-state index in [2.05, 4.69) is 11.4 Å². The Morgan fingerprint density at radius 1 is 1.29 bits per heavy atom. The number of halogens is 1. The van der Waals surface area contributed by atoms with Crippen LogP contribution in [0.1, 0.15) is 10.4 Å². The molecule has 0 aliphatic heterocycles. The van der Waals surface area contributed by atoms with Gasteiger partial charge >= 0.3 is 0 Å². The first-order chi connectivity index (χ1) is 10.1. The van der Waals surface area contributed by atoms with E-state index in [1.807, 2.05) is 18.5 Å². The molecular weight excluding hydrogens is 287 g/mol. The van der Waals surface area contributed by atoms with E-state index < -0.39 is 0 Å². The van der Waals surface area contributed by atoms with Crippen molar-refractivity contribution >= 4 is 17.2 Å². The van der Waals surface area contributed by atoms with E-state index in [-0.39, 0.29) is 11.7 Å². The Morgan fingerprint density at radius 2 is 2.05 bits per heavy atom. The molecule has 1 unspecified atom stereocenters. The molecule has 0 radical (unpaired) electrons. The minimum Gasteiger partial charge on any atom is -0.351 e. The van der Waals surface area contributed by atoms with Crippen LogP contribution in [0.2, 0.25) is 0 Å². The number of carbonyl (C=O) groups excluding carboxylic acids is 1. The quantitative estimate of drug-likeness (QED) is 0.793. The molecule has 2 aromatic rings. The van der Waals surface area contributed by atoms with Crippen molar-refractivity contribution in [1.29, 1.82) is 0 Å². The van der Waals surface area contributed by atoms with Gasteiger partial charge < -0.3 is 10.2 Å². The summed E-state index contributed by atoms with van der Waals surface area (Å²) in [6, 6.07) is 10.5.